The highest BCUT2D eigenvalue weighted by atomic mass is 32.2. The van der Waals surface area contributed by atoms with E-state index in [2.05, 4.69) is 29.0 Å². The van der Waals surface area contributed by atoms with Crippen molar-refractivity contribution < 1.29 is 19.0 Å². The van der Waals surface area contributed by atoms with Crippen LogP contribution in [0.2, 0.25) is 0 Å². The molecule has 2 aromatic carbocycles. The van der Waals surface area contributed by atoms with Gasteiger partial charge in [0.15, 0.2) is 11.0 Å². The molecule has 0 aliphatic rings. The third-order valence-corrected chi connectivity index (χ3v) is 5.93. The lowest BCUT2D eigenvalue weighted by molar-refractivity contribution is -0.113. The van der Waals surface area contributed by atoms with Crippen molar-refractivity contribution in [1.82, 2.24) is 14.8 Å². The number of anilines is 1. The van der Waals surface area contributed by atoms with E-state index in [1.54, 1.807) is 38.5 Å². The number of aromatic nitrogens is 3. The lowest BCUT2D eigenvalue weighted by Crippen LogP contribution is -2.15. The zero-order chi connectivity index (χ0) is 23.8. The summed E-state index contributed by atoms with van der Waals surface area (Å²) in [6, 6.07) is 11.2. The standard InChI is InChI=1S/C24H28N4O4S/c1-6-11-28-22(14-32-19-8-7-16(2)17(3)12-19)26-27-24(28)33-15-23(29)25-20-13-18(30-4)9-10-21(20)31-5/h6-10,12-13H,1,11,14-15H2,2-5H3,(H,25,29). The van der Waals surface area contributed by atoms with E-state index in [1.165, 1.54) is 17.3 Å². The molecule has 1 aromatic heterocycles. The Morgan fingerprint density at radius 2 is 1.88 bits per heavy atom. The van der Waals surface area contributed by atoms with Gasteiger partial charge >= 0.3 is 0 Å². The molecule has 0 saturated carbocycles. The smallest absolute Gasteiger partial charge is 0.234 e. The van der Waals surface area contributed by atoms with Gasteiger partial charge in [0.2, 0.25) is 5.91 Å². The number of thioether (sulfide) groups is 1. The minimum atomic E-state index is -0.201. The monoisotopic (exact) mass is 468 g/mol. The molecular weight excluding hydrogens is 440 g/mol. The van der Waals surface area contributed by atoms with Crippen LogP contribution in [-0.4, -0.2) is 40.6 Å². The Bertz CT molecular complexity index is 1130. The van der Waals surface area contributed by atoms with Crippen molar-refractivity contribution in [3.8, 4) is 17.2 Å². The highest BCUT2D eigenvalue weighted by Gasteiger charge is 2.15. The topological polar surface area (TPSA) is 87.5 Å². The van der Waals surface area contributed by atoms with Gasteiger partial charge in [-0.1, -0.05) is 23.9 Å². The summed E-state index contributed by atoms with van der Waals surface area (Å²) in [5, 5.41) is 12.0. The number of hydrogen-bond donors (Lipinski definition) is 1. The number of hydrogen-bond acceptors (Lipinski definition) is 7. The van der Waals surface area contributed by atoms with Gasteiger partial charge in [0.25, 0.3) is 0 Å². The molecule has 0 aliphatic carbocycles. The molecule has 0 aliphatic heterocycles. The van der Waals surface area contributed by atoms with Crippen molar-refractivity contribution in [2.45, 2.75) is 32.2 Å². The predicted octanol–water partition coefficient (Wildman–Crippen LogP) is 4.41. The second kappa shape index (κ2) is 11.4. The summed E-state index contributed by atoms with van der Waals surface area (Å²) in [6.45, 7) is 8.68. The summed E-state index contributed by atoms with van der Waals surface area (Å²) >= 11 is 1.29. The molecule has 3 rings (SSSR count). The van der Waals surface area contributed by atoms with Gasteiger partial charge in [-0.2, -0.15) is 0 Å². The van der Waals surface area contributed by atoms with Gasteiger partial charge < -0.3 is 19.5 Å². The first-order valence-electron chi connectivity index (χ1n) is 10.3. The molecule has 8 nitrogen and oxygen atoms in total. The number of allylic oxidation sites excluding steroid dienone is 1. The third-order valence-electron chi connectivity index (χ3n) is 4.96. The van der Waals surface area contributed by atoms with Crippen molar-refractivity contribution in [1.29, 1.82) is 0 Å². The number of ether oxygens (including phenoxy) is 3. The molecule has 1 N–H and O–H groups in total. The van der Waals surface area contributed by atoms with Crippen molar-refractivity contribution >= 4 is 23.4 Å². The van der Waals surface area contributed by atoms with Gasteiger partial charge in [-0.05, 0) is 49.2 Å². The van der Waals surface area contributed by atoms with E-state index >= 15 is 0 Å². The van der Waals surface area contributed by atoms with Gasteiger partial charge in [0, 0.05) is 12.6 Å². The van der Waals surface area contributed by atoms with Gasteiger partial charge in [0.1, 0.15) is 23.9 Å². The molecule has 0 spiro atoms. The summed E-state index contributed by atoms with van der Waals surface area (Å²) in [4.78, 5) is 12.6. The zero-order valence-electron chi connectivity index (χ0n) is 19.3. The minimum Gasteiger partial charge on any atom is -0.497 e. The lowest BCUT2D eigenvalue weighted by atomic mass is 10.1. The Balaban J connectivity index is 1.65. The number of carbonyl (C=O) groups is 1. The van der Waals surface area contributed by atoms with Crippen LogP contribution in [0.5, 0.6) is 17.2 Å². The summed E-state index contributed by atoms with van der Waals surface area (Å²) in [5.41, 5.74) is 2.91. The van der Waals surface area contributed by atoms with E-state index < -0.39 is 0 Å². The van der Waals surface area contributed by atoms with Crippen LogP contribution in [0.3, 0.4) is 0 Å². The zero-order valence-corrected chi connectivity index (χ0v) is 20.1. The van der Waals surface area contributed by atoms with Gasteiger partial charge in [0.05, 0.1) is 25.7 Å². The molecule has 3 aromatic rings. The van der Waals surface area contributed by atoms with Crippen LogP contribution in [-0.2, 0) is 17.9 Å². The van der Waals surface area contributed by atoms with Crippen molar-refractivity contribution in [2.24, 2.45) is 0 Å². The second-order valence-corrected chi connectivity index (χ2v) is 8.18. The second-order valence-electron chi connectivity index (χ2n) is 7.24. The highest BCUT2D eigenvalue weighted by Crippen LogP contribution is 2.29. The summed E-state index contributed by atoms with van der Waals surface area (Å²) in [6.07, 6.45) is 1.76. The molecule has 0 unspecified atom stereocenters. The molecule has 1 amide bonds. The number of carbonyl (C=O) groups excluding carboxylic acids is 1. The molecule has 1 heterocycles. The SMILES string of the molecule is C=CCn1c(COc2ccc(C)c(C)c2)nnc1SCC(=O)Nc1cc(OC)ccc1OC. The molecule has 33 heavy (non-hydrogen) atoms. The van der Waals surface area contributed by atoms with Crippen molar-refractivity contribution in [2.75, 3.05) is 25.3 Å². The quantitative estimate of drug-likeness (QED) is 0.329. The molecule has 9 heteroatoms. The van der Waals surface area contributed by atoms with Gasteiger partial charge in [-0.3, -0.25) is 9.36 Å². The van der Waals surface area contributed by atoms with E-state index in [4.69, 9.17) is 14.2 Å². The first-order chi connectivity index (χ1) is 15.9. The molecular formula is C24H28N4O4S. The third kappa shape index (κ3) is 6.29. The van der Waals surface area contributed by atoms with Crippen LogP contribution < -0.4 is 19.5 Å². The number of rotatable bonds is 11. The summed E-state index contributed by atoms with van der Waals surface area (Å²) in [7, 11) is 3.11. The number of nitrogens with zero attached hydrogens (tertiary/aromatic N) is 3. The number of amides is 1. The van der Waals surface area contributed by atoms with Crippen LogP contribution in [0.4, 0.5) is 5.69 Å². The lowest BCUT2D eigenvalue weighted by Gasteiger charge is -2.12. The van der Waals surface area contributed by atoms with Gasteiger partial charge in [-0.25, -0.2) is 0 Å². The maximum absolute atomic E-state index is 12.6. The van der Waals surface area contributed by atoms with Crippen LogP contribution in [0.1, 0.15) is 17.0 Å². The molecule has 0 bridgehead atoms. The average Bonchev–Trinajstić information content (AvgIpc) is 3.20. The Morgan fingerprint density at radius 3 is 2.58 bits per heavy atom. The number of nitrogens with one attached hydrogen (secondary N) is 1. The van der Waals surface area contributed by atoms with Crippen LogP contribution in [0.15, 0.2) is 54.2 Å². The van der Waals surface area contributed by atoms with E-state index in [-0.39, 0.29) is 18.3 Å². The van der Waals surface area contributed by atoms with Crippen LogP contribution in [0.25, 0.3) is 0 Å². The van der Waals surface area contributed by atoms with E-state index in [9.17, 15) is 4.79 Å². The highest BCUT2D eigenvalue weighted by molar-refractivity contribution is 7.99. The Kier molecular flexibility index (Phi) is 8.37. The maximum Gasteiger partial charge on any atom is 0.234 e. The first-order valence-corrected chi connectivity index (χ1v) is 11.3. The molecule has 174 valence electrons. The summed E-state index contributed by atoms with van der Waals surface area (Å²) < 4.78 is 18.3. The minimum absolute atomic E-state index is 0.146. The fraction of sp³-hybridized carbons (Fsp3) is 0.292. The molecule has 0 atom stereocenters. The van der Waals surface area contributed by atoms with Crippen LogP contribution >= 0.6 is 11.8 Å². The van der Waals surface area contributed by atoms with E-state index in [0.29, 0.717) is 34.7 Å². The van der Waals surface area contributed by atoms with Crippen LogP contribution in [0, 0.1) is 13.8 Å². The Morgan fingerprint density at radius 1 is 1.09 bits per heavy atom. The van der Waals surface area contributed by atoms with E-state index in [1.807, 2.05) is 29.7 Å². The molecule has 0 saturated heterocycles. The molecule has 0 radical (unpaired) electrons. The van der Waals surface area contributed by atoms with Crippen molar-refractivity contribution in [3.63, 3.8) is 0 Å². The normalized spacial score (nSPS) is 10.5. The summed E-state index contributed by atoms with van der Waals surface area (Å²) in [5.74, 6) is 2.55. The number of aryl methyl sites for hydroxylation is 2. The van der Waals surface area contributed by atoms with E-state index in [0.717, 1.165) is 11.3 Å². The molecule has 0 fully saturated rings. The number of methoxy groups -OCH3 is 2. The Labute approximate surface area is 198 Å². The van der Waals surface area contributed by atoms with Crippen molar-refractivity contribution in [3.05, 3.63) is 66.0 Å². The number of benzene rings is 2. The van der Waals surface area contributed by atoms with Gasteiger partial charge in [-0.15, -0.1) is 16.8 Å². The average molecular weight is 469 g/mol. The first kappa shape index (κ1) is 24.2. The fourth-order valence-electron chi connectivity index (χ4n) is 3.02. The maximum atomic E-state index is 12.6. The fourth-order valence-corrected chi connectivity index (χ4v) is 3.79. The predicted molar refractivity (Wildman–Crippen MR) is 129 cm³/mol. The largest absolute Gasteiger partial charge is 0.497 e. The Hall–Kier alpha value is -3.46.